The van der Waals surface area contributed by atoms with Crippen LogP contribution in [0.4, 0.5) is 10.1 Å². The maximum absolute atomic E-state index is 13.6. The summed E-state index contributed by atoms with van der Waals surface area (Å²) >= 11 is 0. The van der Waals surface area contributed by atoms with Crippen molar-refractivity contribution < 1.29 is 24.0 Å². The van der Waals surface area contributed by atoms with Crippen LogP contribution >= 0.6 is 0 Å². The highest BCUT2D eigenvalue weighted by Crippen LogP contribution is 2.32. The molecule has 108 valence electrons. The molecule has 6 nitrogen and oxygen atoms in total. The van der Waals surface area contributed by atoms with E-state index in [9.17, 15) is 24.4 Å². The summed E-state index contributed by atoms with van der Waals surface area (Å²) < 4.78 is 18.1. The molecule has 7 heteroatoms. The number of hydrogen-bond donors (Lipinski definition) is 1. The van der Waals surface area contributed by atoms with E-state index in [-0.39, 0.29) is 11.1 Å². The molecule has 0 amide bonds. The highest BCUT2D eigenvalue weighted by molar-refractivity contribution is 5.91. The topological polar surface area (TPSA) is 89.7 Å². The molecule has 0 aliphatic carbocycles. The van der Waals surface area contributed by atoms with Gasteiger partial charge >= 0.3 is 11.7 Å². The van der Waals surface area contributed by atoms with Crippen LogP contribution in [-0.2, 0) is 4.74 Å². The number of halogens is 1. The van der Waals surface area contributed by atoms with Crippen LogP contribution in [0.2, 0.25) is 0 Å². The number of nitrogens with zero attached hydrogens (tertiary/aromatic N) is 1. The monoisotopic (exact) mass is 291 g/mol. The zero-order chi connectivity index (χ0) is 15.6. The molecule has 0 aliphatic heterocycles. The lowest BCUT2D eigenvalue weighted by Gasteiger charge is -2.06. The molecule has 2 aromatic rings. The summed E-state index contributed by atoms with van der Waals surface area (Å²) in [5.41, 5.74) is 0.0438. The molecule has 0 unspecified atom stereocenters. The van der Waals surface area contributed by atoms with Crippen molar-refractivity contribution in [1.29, 1.82) is 0 Å². The van der Waals surface area contributed by atoms with Crippen LogP contribution in [0, 0.1) is 15.9 Å². The molecule has 0 aromatic heterocycles. The van der Waals surface area contributed by atoms with Gasteiger partial charge in [-0.1, -0.05) is 6.07 Å². The number of phenolic OH excluding ortho intramolecular Hbond substituents is 1. The number of methoxy groups -OCH3 is 1. The van der Waals surface area contributed by atoms with E-state index in [2.05, 4.69) is 4.74 Å². The van der Waals surface area contributed by atoms with Crippen molar-refractivity contribution in [2.45, 2.75) is 0 Å². The van der Waals surface area contributed by atoms with E-state index in [1.807, 2.05) is 0 Å². The van der Waals surface area contributed by atoms with Crippen molar-refractivity contribution in [2.75, 3.05) is 7.11 Å². The summed E-state index contributed by atoms with van der Waals surface area (Å²) in [6.07, 6.45) is 0. The summed E-state index contributed by atoms with van der Waals surface area (Å²) in [4.78, 5) is 21.5. The third-order valence-corrected chi connectivity index (χ3v) is 2.82. The molecule has 0 fully saturated rings. The van der Waals surface area contributed by atoms with Gasteiger partial charge in [0.2, 0.25) is 0 Å². The zero-order valence-electron chi connectivity index (χ0n) is 10.9. The van der Waals surface area contributed by atoms with Crippen LogP contribution in [0.25, 0.3) is 11.1 Å². The van der Waals surface area contributed by atoms with Gasteiger partial charge in [-0.3, -0.25) is 10.1 Å². The Hall–Kier alpha value is -2.96. The number of hydrogen-bond acceptors (Lipinski definition) is 5. The van der Waals surface area contributed by atoms with Gasteiger partial charge in [0.25, 0.3) is 0 Å². The second-order valence-corrected chi connectivity index (χ2v) is 4.18. The van der Waals surface area contributed by atoms with E-state index < -0.39 is 28.1 Å². The van der Waals surface area contributed by atoms with Crippen LogP contribution in [0.1, 0.15) is 10.4 Å². The lowest BCUT2D eigenvalue weighted by Crippen LogP contribution is -2.02. The smallest absolute Gasteiger partial charge is 0.337 e. The van der Waals surface area contributed by atoms with E-state index in [1.54, 1.807) is 0 Å². The predicted octanol–water partition coefficient (Wildman–Crippen LogP) is 2.89. The number of phenols is 1. The van der Waals surface area contributed by atoms with Gasteiger partial charge in [-0.25, -0.2) is 9.18 Å². The Morgan fingerprint density at radius 3 is 2.57 bits per heavy atom. The van der Waals surface area contributed by atoms with Crippen LogP contribution in [-0.4, -0.2) is 23.1 Å². The van der Waals surface area contributed by atoms with E-state index in [0.29, 0.717) is 5.56 Å². The minimum Gasteiger partial charge on any atom is -0.502 e. The van der Waals surface area contributed by atoms with Crippen molar-refractivity contribution in [3.63, 3.8) is 0 Å². The van der Waals surface area contributed by atoms with Crippen LogP contribution in [0.5, 0.6) is 5.75 Å². The van der Waals surface area contributed by atoms with Crippen molar-refractivity contribution >= 4 is 11.7 Å². The fourth-order valence-electron chi connectivity index (χ4n) is 1.84. The third kappa shape index (κ3) is 2.97. The van der Waals surface area contributed by atoms with Crippen molar-refractivity contribution in [2.24, 2.45) is 0 Å². The van der Waals surface area contributed by atoms with Crippen molar-refractivity contribution in [3.05, 3.63) is 57.9 Å². The molecule has 0 heterocycles. The Bertz CT molecular complexity index is 729. The Morgan fingerprint density at radius 1 is 1.24 bits per heavy atom. The van der Waals surface area contributed by atoms with Gasteiger partial charge < -0.3 is 9.84 Å². The van der Waals surface area contributed by atoms with Gasteiger partial charge in [-0.05, 0) is 35.4 Å². The van der Waals surface area contributed by atoms with E-state index in [0.717, 1.165) is 31.4 Å². The second-order valence-electron chi connectivity index (χ2n) is 4.18. The van der Waals surface area contributed by atoms with E-state index in [4.69, 9.17) is 0 Å². The van der Waals surface area contributed by atoms with Crippen molar-refractivity contribution in [3.8, 4) is 16.9 Å². The molecule has 0 atom stereocenters. The summed E-state index contributed by atoms with van der Waals surface area (Å²) in [5, 5.41) is 20.2. The highest BCUT2D eigenvalue weighted by Gasteiger charge is 2.16. The maximum Gasteiger partial charge on any atom is 0.337 e. The number of carbonyl (C=O) groups excluding carboxylic acids is 1. The molecule has 2 rings (SSSR count). The minimum atomic E-state index is -0.751. The first-order chi connectivity index (χ1) is 9.92. The normalized spacial score (nSPS) is 10.2. The number of nitro groups is 1. The molecular formula is C14H10FNO5. The zero-order valence-corrected chi connectivity index (χ0v) is 10.9. The molecular weight excluding hydrogens is 281 g/mol. The number of rotatable bonds is 3. The second kappa shape index (κ2) is 5.58. The number of benzene rings is 2. The molecule has 21 heavy (non-hydrogen) atoms. The fourth-order valence-corrected chi connectivity index (χ4v) is 1.84. The van der Waals surface area contributed by atoms with E-state index in [1.165, 1.54) is 12.1 Å². The SMILES string of the molecule is COC(=O)c1cc(F)cc(-c2ccc(O)c([N+](=O)[O-])c2)c1. The van der Waals surface area contributed by atoms with Crippen LogP contribution in [0.15, 0.2) is 36.4 Å². The van der Waals surface area contributed by atoms with Crippen molar-refractivity contribution in [1.82, 2.24) is 0 Å². The van der Waals surface area contributed by atoms with Gasteiger partial charge in [-0.2, -0.15) is 0 Å². The predicted molar refractivity (Wildman–Crippen MR) is 71.5 cm³/mol. The fraction of sp³-hybridized carbons (Fsp3) is 0.0714. The first-order valence-corrected chi connectivity index (χ1v) is 5.79. The Balaban J connectivity index is 2.56. The molecule has 0 saturated carbocycles. The molecule has 0 saturated heterocycles. The third-order valence-electron chi connectivity index (χ3n) is 2.82. The Morgan fingerprint density at radius 2 is 1.95 bits per heavy atom. The quantitative estimate of drug-likeness (QED) is 0.533. The molecule has 0 bridgehead atoms. The molecule has 0 aliphatic rings. The molecule has 0 radical (unpaired) electrons. The standard InChI is InChI=1S/C14H10FNO5/c1-21-14(18)10-4-9(5-11(15)6-10)8-2-3-13(17)12(7-8)16(19)20/h2-7,17H,1H3. The lowest BCUT2D eigenvalue weighted by atomic mass is 10.0. The Kier molecular flexibility index (Phi) is 3.84. The number of ether oxygens (including phenoxy) is 1. The first kappa shape index (κ1) is 14.4. The van der Waals surface area contributed by atoms with Gasteiger partial charge in [0.1, 0.15) is 5.82 Å². The number of carbonyl (C=O) groups is 1. The maximum atomic E-state index is 13.6. The van der Waals surface area contributed by atoms with Crippen LogP contribution < -0.4 is 0 Å². The highest BCUT2D eigenvalue weighted by atomic mass is 19.1. The number of aromatic hydroxyl groups is 1. The Labute approximate surface area is 118 Å². The molecule has 1 N–H and O–H groups in total. The van der Waals surface area contributed by atoms with Crippen LogP contribution in [0.3, 0.4) is 0 Å². The van der Waals surface area contributed by atoms with Gasteiger partial charge in [-0.15, -0.1) is 0 Å². The minimum absolute atomic E-state index is 0.0109. The lowest BCUT2D eigenvalue weighted by molar-refractivity contribution is -0.385. The number of esters is 1. The summed E-state index contributed by atoms with van der Waals surface area (Å²) in [6, 6.07) is 7.11. The molecule has 2 aromatic carbocycles. The van der Waals surface area contributed by atoms with Gasteiger partial charge in [0, 0.05) is 6.07 Å². The first-order valence-electron chi connectivity index (χ1n) is 5.79. The average molecular weight is 291 g/mol. The van der Waals surface area contributed by atoms with Gasteiger partial charge in [0.05, 0.1) is 17.6 Å². The van der Waals surface area contributed by atoms with E-state index >= 15 is 0 Å². The summed E-state index contributed by atoms with van der Waals surface area (Å²) in [7, 11) is 1.16. The van der Waals surface area contributed by atoms with Gasteiger partial charge in [0.15, 0.2) is 5.75 Å². The summed E-state index contributed by atoms with van der Waals surface area (Å²) in [5.74, 6) is -1.89. The number of nitro benzene ring substituents is 1. The summed E-state index contributed by atoms with van der Waals surface area (Å²) in [6.45, 7) is 0. The largest absolute Gasteiger partial charge is 0.502 e. The average Bonchev–Trinajstić information content (AvgIpc) is 2.45. The molecule has 0 spiro atoms.